The van der Waals surface area contributed by atoms with Gasteiger partial charge in [0.1, 0.15) is 12.1 Å². The highest BCUT2D eigenvalue weighted by molar-refractivity contribution is 6.39. The maximum absolute atomic E-state index is 13.3. The number of ketones is 2. The van der Waals surface area contributed by atoms with Crippen molar-refractivity contribution in [2.75, 3.05) is 19.6 Å². The van der Waals surface area contributed by atoms with Crippen molar-refractivity contribution in [2.24, 2.45) is 34.5 Å². The van der Waals surface area contributed by atoms with Gasteiger partial charge in [0.2, 0.25) is 11.6 Å². The average molecular weight is 417 g/mol. The number of hydrogen-bond donors (Lipinski definition) is 2. The Bertz CT molecular complexity index is 747. The molecule has 1 aliphatic heterocycles. The summed E-state index contributed by atoms with van der Waals surface area (Å²) in [5.41, 5.74) is 0.112. The van der Waals surface area contributed by atoms with Crippen molar-refractivity contribution in [3.05, 3.63) is 0 Å². The molecule has 166 valence electrons. The maximum Gasteiger partial charge on any atom is 0.324 e. The molecule has 6 heteroatoms. The number of hydrogen-bond acceptors (Lipinski definition) is 6. The second-order valence-electron chi connectivity index (χ2n) is 11.2. The summed E-state index contributed by atoms with van der Waals surface area (Å²) in [5, 5.41) is 6.40. The van der Waals surface area contributed by atoms with E-state index in [0.29, 0.717) is 24.8 Å². The second-order valence-corrected chi connectivity index (χ2v) is 11.2. The molecule has 4 aliphatic carbocycles. The van der Waals surface area contributed by atoms with Gasteiger partial charge in [-0.05, 0) is 67.6 Å². The molecule has 0 bridgehead atoms. The third-order valence-corrected chi connectivity index (χ3v) is 9.67. The van der Waals surface area contributed by atoms with E-state index >= 15 is 0 Å². The van der Waals surface area contributed by atoms with E-state index in [-0.39, 0.29) is 52.3 Å². The van der Waals surface area contributed by atoms with Gasteiger partial charge in [-0.2, -0.15) is 0 Å². The first-order chi connectivity index (χ1) is 14.3. The van der Waals surface area contributed by atoms with Crippen molar-refractivity contribution in [3.63, 3.8) is 0 Å². The fraction of sp³-hybridized carbons (Fsp3) is 0.875. The Balaban J connectivity index is 1.33. The number of esters is 1. The summed E-state index contributed by atoms with van der Waals surface area (Å²) in [5.74, 6) is -0.186. The van der Waals surface area contributed by atoms with Crippen LogP contribution in [0.3, 0.4) is 0 Å². The lowest BCUT2D eigenvalue weighted by Crippen LogP contribution is -2.61. The van der Waals surface area contributed by atoms with E-state index in [2.05, 4.69) is 24.5 Å². The molecular weight excluding hydrogens is 380 g/mol. The number of carbonyl (C=O) groups excluding carboxylic acids is 3. The predicted molar refractivity (Wildman–Crippen MR) is 112 cm³/mol. The first-order valence-electron chi connectivity index (χ1n) is 12.1. The minimum absolute atomic E-state index is 0.0726. The van der Waals surface area contributed by atoms with Gasteiger partial charge in [0.15, 0.2) is 0 Å². The Morgan fingerprint density at radius 3 is 2.60 bits per heavy atom. The Morgan fingerprint density at radius 2 is 1.83 bits per heavy atom. The van der Waals surface area contributed by atoms with Gasteiger partial charge in [0, 0.05) is 31.5 Å². The molecular formula is C24H36N2O4. The monoisotopic (exact) mass is 416 g/mol. The number of carbonyl (C=O) groups is 3. The van der Waals surface area contributed by atoms with Gasteiger partial charge in [-0.15, -0.1) is 0 Å². The normalized spacial score (nSPS) is 48.5. The molecule has 0 unspecified atom stereocenters. The van der Waals surface area contributed by atoms with Crippen molar-refractivity contribution >= 4 is 17.5 Å². The number of Topliss-reactive ketones (excluding diaryl/α,β-unsaturated/α-hetero) is 2. The Labute approximate surface area is 179 Å². The Morgan fingerprint density at radius 1 is 1.00 bits per heavy atom. The highest BCUT2D eigenvalue weighted by atomic mass is 16.5. The summed E-state index contributed by atoms with van der Waals surface area (Å²) in [6.07, 6.45) is 7.65. The van der Waals surface area contributed by atoms with Crippen molar-refractivity contribution in [2.45, 2.75) is 77.4 Å². The largest absolute Gasteiger partial charge is 0.461 e. The van der Waals surface area contributed by atoms with Crippen LogP contribution in [0.4, 0.5) is 0 Å². The molecule has 0 aromatic rings. The fourth-order valence-electron chi connectivity index (χ4n) is 7.89. The lowest BCUT2D eigenvalue weighted by molar-refractivity contribution is -0.175. The number of rotatable bonds is 2. The minimum atomic E-state index is -0.321. The standard InChI is InChI=1S/C24H36N2O4/c1-23-7-3-4-15(23)19-16(6-8-23)24(2)9-5-14(12-17(24)20(27)21(19)28)30-22(29)18-13-25-10-11-26-18/h14-19,25-26H,3-13H2,1-2H3/t14-,15-,16-,17+,18+,19-,23-,24+/m0/s1. The number of fused-ring (bicyclic) bond motifs is 5. The van der Waals surface area contributed by atoms with Crippen LogP contribution in [0.1, 0.15) is 65.2 Å². The van der Waals surface area contributed by atoms with Crippen molar-refractivity contribution in [1.82, 2.24) is 10.6 Å². The van der Waals surface area contributed by atoms with Crippen LogP contribution in [0.25, 0.3) is 0 Å². The third-order valence-electron chi connectivity index (χ3n) is 9.67. The molecule has 0 aromatic carbocycles. The van der Waals surface area contributed by atoms with Crippen LogP contribution >= 0.6 is 0 Å². The van der Waals surface area contributed by atoms with Crippen LogP contribution < -0.4 is 10.6 Å². The van der Waals surface area contributed by atoms with Crippen LogP contribution in [0.2, 0.25) is 0 Å². The van der Waals surface area contributed by atoms with Crippen molar-refractivity contribution in [3.8, 4) is 0 Å². The van der Waals surface area contributed by atoms with Gasteiger partial charge in [-0.3, -0.25) is 14.4 Å². The van der Waals surface area contributed by atoms with E-state index in [4.69, 9.17) is 4.74 Å². The van der Waals surface area contributed by atoms with Crippen molar-refractivity contribution < 1.29 is 19.1 Å². The summed E-state index contributed by atoms with van der Waals surface area (Å²) in [6, 6.07) is -0.321. The summed E-state index contributed by atoms with van der Waals surface area (Å²) in [7, 11) is 0. The average Bonchev–Trinajstić information content (AvgIpc) is 3.15. The second kappa shape index (κ2) is 7.40. The van der Waals surface area contributed by atoms with Gasteiger partial charge >= 0.3 is 5.97 Å². The van der Waals surface area contributed by atoms with E-state index in [1.165, 1.54) is 19.3 Å². The predicted octanol–water partition coefficient (Wildman–Crippen LogP) is 2.25. The lowest BCUT2D eigenvalue weighted by atomic mass is 9.44. The van der Waals surface area contributed by atoms with Gasteiger partial charge in [0.25, 0.3) is 0 Å². The van der Waals surface area contributed by atoms with Crippen LogP contribution in [0, 0.1) is 34.5 Å². The van der Waals surface area contributed by atoms with Crippen molar-refractivity contribution in [1.29, 1.82) is 0 Å². The Hall–Kier alpha value is -1.27. The van der Waals surface area contributed by atoms with Crippen LogP contribution in [0.15, 0.2) is 0 Å². The molecule has 2 N–H and O–H groups in total. The molecule has 5 aliphatic rings. The molecule has 0 amide bonds. The molecule has 5 fully saturated rings. The topological polar surface area (TPSA) is 84.5 Å². The molecule has 1 saturated heterocycles. The molecule has 4 saturated carbocycles. The molecule has 1 heterocycles. The number of piperazine rings is 1. The SMILES string of the molecule is C[C@@]12CCC[C@H]1[C@@H]1C(=O)C(=O)[C@H]3C[C@@H](OC(=O)[C@H]4CNCCN4)CC[C@]3(C)[C@H]1CC2. The maximum atomic E-state index is 13.3. The van der Waals surface area contributed by atoms with Gasteiger partial charge < -0.3 is 15.4 Å². The lowest BCUT2D eigenvalue weighted by Gasteiger charge is -2.58. The van der Waals surface area contributed by atoms with Gasteiger partial charge in [-0.25, -0.2) is 0 Å². The first-order valence-corrected chi connectivity index (χ1v) is 12.1. The smallest absolute Gasteiger partial charge is 0.324 e. The zero-order valence-corrected chi connectivity index (χ0v) is 18.4. The summed E-state index contributed by atoms with van der Waals surface area (Å²) in [4.78, 5) is 39.2. The van der Waals surface area contributed by atoms with E-state index in [1.54, 1.807) is 0 Å². The zero-order chi connectivity index (χ0) is 21.1. The number of ether oxygens (including phenoxy) is 1. The molecule has 8 atom stereocenters. The third kappa shape index (κ3) is 3.09. The molecule has 0 radical (unpaired) electrons. The highest BCUT2D eigenvalue weighted by Gasteiger charge is 2.64. The van der Waals surface area contributed by atoms with Crippen LogP contribution in [0.5, 0.6) is 0 Å². The summed E-state index contributed by atoms with van der Waals surface area (Å²) >= 11 is 0. The molecule has 0 spiro atoms. The van der Waals surface area contributed by atoms with Crippen LogP contribution in [-0.4, -0.2) is 49.3 Å². The molecule has 6 nitrogen and oxygen atoms in total. The molecule has 5 rings (SSSR count). The van der Waals surface area contributed by atoms with Gasteiger partial charge in [-0.1, -0.05) is 20.3 Å². The van der Waals surface area contributed by atoms with E-state index in [9.17, 15) is 14.4 Å². The number of nitrogens with one attached hydrogen (secondary N) is 2. The van der Waals surface area contributed by atoms with E-state index in [0.717, 1.165) is 38.8 Å². The fourth-order valence-corrected chi connectivity index (χ4v) is 7.89. The highest BCUT2D eigenvalue weighted by Crippen LogP contribution is 2.64. The zero-order valence-electron chi connectivity index (χ0n) is 18.4. The Kier molecular flexibility index (Phi) is 5.09. The minimum Gasteiger partial charge on any atom is -0.461 e. The summed E-state index contributed by atoms with van der Waals surface area (Å²) < 4.78 is 5.82. The summed E-state index contributed by atoms with van der Waals surface area (Å²) in [6.45, 7) is 6.78. The quantitative estimate of drug-likeness (QED) is 0.531. The van der Waals surface area contributed by atoms with Crippen LogP contribution in [-0.2, 0) is 19.1 Å². The molecule has 0 aromatic heterocycles. The van der Waals surface area contributed by atoms with E-state index in [1.807, 2.05) is 0 Å². The first kappa shape index (κ1) is 20.6. The van der Waals surface area contributed by atoms with E-state index < -0.39 is 0 Å². The van der Waals surface area contributed by atoms with Gasteiger partial charge in [0.05, 0.1) is 0 Å². The molecule has 30 heavy (non-hydrogen) atoms.